The maximum absolute atomic E-state index is 13.3. The molecule has 0 radical (unpaired) electrons. The molecule has 216 valence electrons. The molecule has 0 aliphatic rings. The zero-order chi connectivity index (χ0) is 29.5. The van der Waals surface area contributed by atoms with Gasteiger partial charge in [0.1, 0.15) is 18.1 Å². The number of nitrogens with two attached hydrogens (primary N) is 4. The Kier molecular flexibility index (Phi) is 14.0. The van der Waals surface area contributed by atoms with Crippen molar-refractivity contribution in [2.45, 2.75) is 70.1 Å². The van der Waals surface area contributed by atoms with Crippen molar-refractivity contribution in [2.24, 2.45) is 33.8 Å². The standard InChI is InChI=1S/C25H40N8O6/c1-3-14(2)20(33-21(35)16(26)13-19(27)34)23(37)31-17(10-7-11-30-25(28)29)22(36)32-18(24(38)39)12-15-8-5-4-6-9-15/h4-6,8-9,14,16-18,20H,3,7,10-13,26H2,1-2H3,(H2,27,34)(H,31,37)(H,32,36)(H,33,35)(H,38,39)(H4,28,29,30). The van der Waals surface area contributed by atoms with Crippen LogP contribution < -0.4 is 38.9 Å². The molecule has 1 rings (SSSR count). The Balaban J connectivity index is 3.10. The molecule has 0 saturated heterocycles. The van der Waals surface area contributed by atoms with Crippen LogP contribution in [0.2, 0.25) is 0 Å². The van der Waals surface area contributed by atoms with E-state index in [0.717, 1.165) is 0 Å². The van der Waals surface area contributed by atoms with Crippen molar-refractivity contribution in [1.82, 2.24) is 16.0 Å². The van der Waals surface area contributed by atoms with E-state index in [2.05, 4.69) is 20.9 Å². The number of aliphatic imine (C=N–C) groups is 1. The second kappa shape index (κ2) is 16.6. The monoisotopic (exact) mass is 548 g/mol. The van der Waals surface area contributed by atoms with Crippen LogP contribution in [0.1, 0.15) is 45.1 Å². The number of carbonyl (C=O) groups is 5. The number of hydrogen-bond donors (Lipinski definition) is 8. The number of guanidine groups is 1. The van der Waals surface area contributed by atoms with E-state index in [-0.39, 0.29) is 37.7 Å². The lowest BCUT2D eigenvalue weighted by molar-refractivity contribution is -0.142. The molecular weight excluding hydrogens is 508 g/mol. The van der Waals surface area contributed by atoms with Crippen LogP contribution in [0.4, 0.5) is 0 Å². The Hall–Kier alpha value is -4.20. The van der Waals surface area contributed by atoms with Crippen molar-refractivity contribution < 1.29 is 29.1 Å². The predicted molar refractivity (Wildman–Crippen MR) is 145 cm³/mol. The Morgan fingerprint density at radius 1 is 0.923 bits per heavy atom. The number of benzene rings is 1. The molecule has 0 aliphatic heterocycles. The average molecular weight is 549 g/mol. The van der Waals surface area contributed by atoms with Crippen LogP contribution in [-0.2, 0) is 30.4 Å². The molecule has 12 N–H and O–H groups in total. The van der Waals surface area contributed by atoms with E-state index < -0.39 is 60.2 Å². The molecule has 39 heavy (non-hydrogen) atoms. The van der Waals surface area contributed by atoms with Crippen molar-refractivity contribution in [1.29, 1.82) is 0 Å². The van der Waals surface area contributed by atoms with Gasteiger partial charge < -0.3 is 44.0 Å². The van der Waals surface area contributed by atoms with Gasteiger partial charge in [0.05, 0.1) is 12.5 Å². The highest BCUT2D eigenvalue weighted by Crippen LogP contribution is 2.11. The molecule has 0 saturated carbocycles. The van der Waals surface area contributed by atoms with Gasteiger partial charge in [0.2, 0.25) is 23.6 Å². The molecule has 0 spiro atoms. The quantitative estimate of drug-likeness (QED) is 0.0611. The fraction of sp³-hybridized carbons (Fsp3) is 0.520. The number of aliphatic carboxylic acids is 1. The predicted octanol–water partition coefficient (Wildman–Crippen LogP) is -1.93. The number of primary amides is 1. The van der Waals surface area contributed by atoms with Crippen LogP contribution in [0.3, 0.4) is 0 Å². The van der Waals surface area contributed by atoms with Gasteiger partial charge in [0.15, 0.2) is 5.96 Å². The molecule has 1 aromatic rings. The fourth-order valence-corrected chi connectivity index (χ4v) is 3.63. The summed E-state index contributed by atoms with van der Waals surface area (Å²) in [6, 6.07) is 4.00. The summed E-state index contributed by atoms with van der Waals surface area (Å²) in [7, 11) is 0. The van der Waals surface area contributed by atoms with Crippen LogP contribution in [-0.4, -0.2) is 71.4 Å². The van der Waals surface area contributed by atoms with Crippen molar-refractivity contribution >= 4 is 35.6 Å². The lowest BCUT2D eigenvalue weighted by Gasteiger charge is -2.28. The lowest BCUT2D eigenvalue weighted by atomic mass is 9.97. The summed E-state index contributed by atoms with van der Waals surface area (Å²) in [5.41, 5.74) is 22.2. The largest absolute Gasteiger partial charge is 0.480 e. The van der Waals surface area contributed by atoms with E-state index in [4.69, 9.17) is 22.9 Å². The van der Waals surface area contributed by atoms with Crippen LogP contribution in [0.5, 0.6) is 0 Å². The third-order valence-corrected chi connectivity index (χ3v) is 6.03. The molecule has 0 fully saturated rings. The number of carboxylic acids is 1. The van der Waals surface area contributed by atoms with Gasteiger partial charge in [-0.15, -0.1) is 0 Å². The van der Waals surface area contributed by atoms with Crippen LogP contribution in [0.25, 0.3) is 0 Å². The van der Waals surface area contributed by atoms with Gasteiger partial charge in [-0.05, 0) is 24.3 Å². The Labute approximate surface area is 227 Å². The number of carboxylic acid groups (broad SMARTS) is 1. The normalized spacial score (nSPS) is 14.5. The number of hydrogen-bond acceptors (Lipinski definition) is 7. The third-order valence-electron chi connectivity index (χ3n) is 6.03. The van der Waals surface area contributed by atoms with Crippen LogP contribution >= 0.6 is 0 Å². The van der Waals surface area contributed by atoms with Gasteiger partial charge in [-0.1, -0.05) is 50.6 Å². The van der Waals surface area contributed by atoms with E-state index in [0.29, 0.717) is 12.0 Å². The van der Waals surface area contributed by atoms with Crippen LogP contribution in [0.15, 0.2) is 35.3 Å². The first-order valence-electron chi connectivity index (χ1n) is 12.6. The molecule has 14 heteroatoms. The Morgan fingerprint density at radius 2 is 1.54 bits per heavy atom. The summed E-state index contributed by atoms with van der Waals surface area (Å²) in [4.78, 5) is 65.8. The summed E-state index contributed by atoms with van der Waals surface area (Å²) in [6.45, 7) is 3.70. The summed E-state index contributed by atoms with van der Waals surface area (Å²) >= 11 is 0. The van der Waals surface area contributed by atoms with E-state index in [1.165, 1.54) is 0 Å². The molecule has 5 unspecified atom stereocenters. The highest BCUT2D eigenvalue weighted by atomic mass is 16.4. The fourth-order valence-electron chi connectivity index (χ4n) is 3.63. The number of rotatable bonds is 17. The topological polar surface area (TPSA) is 258 Å². The number of nitrogens with one attached hydrogen (secondary N) is 3. The van der Waals surface area contributed by atoms with E-state index in [1.54, 1.807) is 44.2 Å². The van der Waals surface area contributed by atoms with Crippen molar-refractivity contribution in [3.8, 4) is 0 Å². The average Bonchev–Trinajstić information content (AvgIpc) is 2.87. The molecule has 1 aromatic carbocycles. The number of nitrogens with zero attached hydrogens (tertiary/aromatic N) is 1. The second-order valence-corrected chi connectivity index (χ2v) is 9.25. The molecule has 0 aromatic heterocycles. The van der Waals surface area contributed by atoms with Gasteiger partial charge in [0.25, 0.3) is 0 Å². The van der Waals surface area contributed by atoms with E-state index >= 15 is 0 Å². The summed E-state index contributed by atoms with van der Waals surface area (Å²) in [5, 5.41) is 17.3. The van der Waals surface area contributed by atoms with E-state index in [9.17, 15) is 29.1 Å². The first-order chi connectivity index (χ1) is 18.3. The summed E-state index contributed by atoms with van der Waals surface area (Å²) in [6.07, 6.45) is 0.474. The minimum atomic E-state index is -1.26. The molecule has 5 atom stereocenters. The molecule has 0 heterocycles. The van der Waals surface area contributed by atoms with Gasteiger partial charge in [-0.3, -0.25) is 24.2 Å². The van der Waals surface area contributed by atoms with Crippen molar-refractivity contribution in [3.05, 3.63) is 35.9 Å². The summed E-state index contributed by atoms with van der Waals surface area (Å²) in [5.74, 6) is -4.69. The third kappa shape index (κ3) is 12.3. The highest BCUT2D eigenvalue weighted by Gasteiger charge is 2.32. The molecular formula is C25H40N8O6. The number of amides is 4. The zero-order valence-corrected chi connectivity index (χ0v) is 22.3. The second-order valence-electron chi connectivity index (χ2n) is 9.25. The minimum absolute atomic E-state index is 0.0277. The first kappa shape index (κ1) is 32.8. The zero-order valence-electron chi connectivity index (χ0n) is 22.3. The number of carbonyl (C=O) groups excluding carboxylic acids is 4. The lowest BCUT2D eigenvalue weighted by Crippen LogP contribution is -2.59. The minimum Gasteiger partial charge on any atom is -0.480 e. The van der Waals surface area contributed by atoms with Gasteiger partial charge in [0, 0.05) is 13.0 Å². The van der Waals surface area contributed by atoms with E-state index in [1.807, 2.05) is 0 Å². The smallest absolute Gasteiger partial charge is 0.326 e. The maximum Gasteiger partial charge on any atom is 0.326 e. The van der Waals surface area contributed by atoms with Crippen molar-refractivity contribution in [2.75, 3.05) is 6.54 Å². The summed E-state index contributed by atoms with van der Waals surface area (Å²) < 4.78 is 0. The SMILES string of the molecule is CCC(C)C(NC(=O)C(N)CC(N)=O)C(=O)NC(CCCN=C(N)N)C(=O)NC(Cc1ccccc1)C(=O)O. The molecule has 4 amide bonds. The molecule has 0 bridgehead atoms. The van der Waals surface area contributed by atoms with Crippen molar-refractivity contribution in [3.63, 3.8) is 0 Å². The first-order valence-corrected chi connectivity index (χ1v) is 12.6. The van der Waals surface area contributed by atoms with Gasteiger partial charge >= 0.3 is 5.97 Å². The van der Waals surface area contributed by atoms with Crippen LogP contribution in [0, 0.1) is 5.92 Å². The van der Waals surface area contributed by atoms with Gasteiger partial charge in [-0.25, -0.2) is 4.79 Å². The maximum atomic E-state index is 13.3. The highest BCUT2D eigenvalue weighted by molar-refractivity contribution is 5.95. The molecule has 14 nitrogen and oxygen atoms in total. The molecule has 0 aliphatic carbocycles. The Morgan fingerprint density at radius 3 is 2.08 bits per heavy atom. The Bertz CT molecular complexity index is 1020. The van der Waals surface area contributed by atoms with Gasteiger partial charge in [-0.2, -0.15) is 0 Å².